The molecule has 0 radical (unpaired) electrons. The summed E-state index contributed by atoms with van der Waals surface area (Å²) in [6.45, 7) is 4.39. The van der Waals surface area contributed by atoms with Crippen LogP contribution in [0.5, 0.6) is 0 Å². The Bertz CT molecular complexity index is 1480. The van der Waals surface area contributed by atoms with Crippen LogP contribution in [-0.2, 0) is 0 Å². The van der Waals surface area contributed by atoms with Gasteiger partial charge in [-0.15, -0.1) is 0 Å². The summed E-state index contributed by atoms with van der Waals surface area (Å²) in [7, 11) is 0. The normalized spacial score (nSPS) is 13.7. The number of nitrogens with one attached hydrogen (secondary N) is 1. The summed E-state index contributed by atoms with van der Waals surface area (Å²) < 4.78 is 0. The predicted molar refractivity (Wildman–Crippen MR) is 140 cm³/mol. The smallest absolute Gasteiger partial charge is 0.0813 e. The lowest BCUT2D eigenvalue weighted by atomic mass is 9.99. The lowest BCUT2D eigenvalue weighted by Crippen LogP contribution is -2.15. The van der Waals surface area contributed by atoms with Gasteiger partial charge in [-0.1, -0.05) is 103 Å². The van der Waals surface area contributed by atoms with Crippen molar-refractivity contribution in [2.75, 3.05) is 5.32 Å². The first-order valence-electron chi connectivity index (χ1n) is 11.6. The van der Waals surface area contributed by atoms with Gasteiger partial charge in [-0.25, -0.2) is 0 Å². The fourth-order valence-electron chi connectivity index (χ4n) is 4.60. The maximum Gasteiger partial charge on any atom is 0.0813 e. The molecule has 5 aromatic carbocycles. The molecule has 0 aliphatic heterocycles. The highest BCUT2D eigenvalue weighted by Gasteiger charge is 2.11. The summed E-state index contributed by atoms with van der Waals surface area (Å²) >= 11 is 0. The van der Waals surface area contributed by atoms with Crippen molar-refractivity contribution in [3.8, 4) is 0 Å². The molecule has 0 saturated heterocycles. The standard InChI is InChI=1S/C31H28N2/c1-22(26-18-10-14-24-12-6-8-16-28(24)26)32-30-20-4-3-5-21-31(30)33-23(2)27-19-11-15-25-13-7-9-17-29(25)27/h3-23H,1-2H3,(H,32,33)/t22-,23-/m0/s1. The zero-order chi connectivity index (χ0) is 22.6. The van der Waals surface area contributed by atoms with E-state index in [4.69, 9.17) is 4.99 Å². The molecular formula is C31H28N2. The Balaban J connectivity index is 1.54. The third-order valence-electron chi connectivity index (χ3n) is 6.28. The Morgan fingerprint density at radius 1 is 0.545 bits per heavy atom. The second kappa shape index (κ2) is 9.30. The van der Waals surface area contributed by atoms with Crippen LogP contribution in [0.15, 0.2) is 120 Å². The maximum atomic E-state index is 5.17. The van der Waals surface area contributed by atoms with Crippen LogP contribution in [0.1, 0.15) is 37.1 Å². The van der Waals surface area contributed by atoms with Crippen molar-refractivity contribution in [1.82, 2.24) is 0 Å². The molecule has 162 valence electrons. The first-order valence-corrected chi connectivity index (χ1v) is 11.6. The van der Waals surface area contributed by atoms with E-state index in [-0.39, 0.29) is 12.1 Å². The van der Waals surface area contributed by atoms with E-state index in [1.807, 2.05) is 0 Å². The van der Waals surface area contributed by atoms with E-state index in [1.54, 1.807) is 0 Å². The molecule has 0 heterocycles. The Morgan fingerprint density at radius 2 is 1.09 bits per heavy atom. The topological polar surface area (TPSA) is 24.4 Å². The van der Waals surface area contributed by atoms with Crippen molar-refractivity contribution in [3.63, 3.8) is 0 Å². The van der Waals surface area contributed by atoms with Gasteiger partial charge in [-0.2, -0.15) is 0 Å². The first-order chi connectivity index (χ1) is 16.2. The molecular weight excluding hydrogens is 400 g/mol. The second-order valence-corrected chi connectivity index (χ2v) is 8.52. The molecule has 1 N–H and O–H groups in total. The highest BCUT2D eigenvalue weighted by atomic mass is 14.9. The quantitative estimate of drug-likeness (QED) is 0.303. The van der Waals surface area contributed by atoms with Crippen LogP contribution in [0.3, 0.4) is 0 Å². The molecule has 0 bridgehead atoms. The van der Waals surface area contributed by atoms with E-state index in [1.165, 1.54) is 32.7 Å². The number of benzene rings is 4. The molecule has 2 atom stereocenters. The van der Waals surface area contributed by atoms with Gasteiger partial charge in [0.25, 0.3) is 0 Å². The minimum atomic E-state index is 0.0342. The Morgan fingerprint density at radius 3 is 1.82 bits per heavy atom. The van der Waals surface area contributed by atoms with Crippen LogP contribution in [0.4, 0.5) is 5.69 Å². The van der Waals surface area contributed by atoms with Gasteiger partial charge in [0.15, 0.2) is 0 Å². The second-order valence-electron chi connectivity index (χ2n) is 8.52. The SMILES string of the molecule is C[C@H](N=c1cccccc1N[C@@H](C)c1cccc2ccccc12)c1cccc2ccccc12. The largest absolute Gasteiger partial charge is 0.377 e. The molecule has 33 heavy (non-hydrogen) atoms. The summed E-state index contributed by atoms with van der Waals surface area (Å²) in [4.78, 5) is 5.17. The minimum Gasteiger partial charge on any atom is -0.377 e. The summed E-state index contributed by atoms with van der Waals surface area (Å²) in [5.41, 5.74) is 3.56. The minimum absolute atomic E-state index is 0.0342. The molecule has 0 saturated carbocycles. The van der Waals surface area contributed by atoms with E-state index >= 15 is 0 Å². The van der Waals surface area contributed by atoms with Gasteiger partial charge in [0.2, 0.25) is 0 Å². The molecule has 0 unspecified atom stereocenters. The van der Waals surface area contributed by atoms with Crippen LogP contribution in [0.2, 0.25) is 0 Å². The maximum absolute atomic E-state index is 5.17. The molecule has 5 aromatic rings. The average molecular weight is 429 g/mol. The van der Waals surface area contributed by atoms with E-state index in [0.29, 0.717) is 0 Å². The van der Waals surface area contributed by atoms with Crippen LogP contribution in [0, 0.1) is 0 Å². The Hall–Kier alpha value is -3.91. The van der Waals surface area contributed by atoms with Crippen molar-refractivity contribution in [1.29, 1.82) is 0 Å². The van der Waals surface area contributed by atoms with Crippen LogP contribution >= 0.6 is 0 Å². The third-order valence-corrected chi connectivity index (χ3v) is 6.28. The van der Waals surface area contributed by atoms with Crippen molar-refractivity contribution < 1.29 is 0 Å². The molecule has 0 amide bonds. The van der Waals surface area contributed by atoms with Crippen molar-refractivity contribution in [2.45, 2.75) is 25.9 Å². The summed E-state index contributed by atoms with van der Waals surface area (Å²) in [5.74, 6) is 0. The molecule has 5 rings (SSSR count). The highest BCUT2D eigenvalue weighted by molar-refractivity contribution is 5.87. The van der Waals surface area contributed by atoms with Gasteiger partial charge in [-0.3, -0.25) is 4.99 Å². The zero-order valence-corrected chi connectivity index (χ0v) is 19.1. The number of fused-ring (bicyclic) bond motifs is 2. The molecule has 0 spiro atoms. The lowest BCUT2D eigenvalue weighted by Gasteiger charge is -2.18. The van der Waals surface area contributed by atoms with E-state index in [2.05, 4.69) is 134 Å². The van der Waals surface area contributed by atoms with Crippen molar-refractivity contribution >= 4 is 27.2 Å². The summed E-state index contributed by atoms with van der Waals surface area (Å²) in [6.07, 6.45) is 0. The van der Waals surface area contributed by atoms with E-state index in [9.17, 15) is 0 Å². The van der Waals surface area contributed by atoms with Crippen LogP contribution in [-0.4, -0.2) is 0 Å². The van der Waals surface area contributed by atoms with Gasteiger partial charge in [0, 0.05) is 6.04 Å². The number of rotatable bonds is 5. The number of hydrogen-bond acceptors (Lipinski definition) is 2. The fourth-order valence-corrected chi connectivity index (χ4v) is 4.60. The summed E-state index contributed by atoms with van der Waals surface area (Å²) in [6, 6.07) is 40.6. The number of nitrogens with zero attached hydrogens (tertiary/aromatic N) is 1. The van der Waals surface area contributed by atoms with Gasteiger partial charge in [0.1, 0.15) is 0 Å². The van der Waals surface area contributed by atoms with Crippen LogP contribution in [0.25, 0.3) is 21.5 Å². The van der Waals surface area contributed by atoms with Gasteiger partial charge < -0.3 is 5.32 Å². The van der Waals surface area contributed by atoms with E-state index in [0.717, 1.165) is 11.0 Å². The Kier molecular flexibility index (Phi) is 5.91. The third kappa shape index (κ3) is 4.38. The van der Waals surface area contributed by atoms with E-state index < -0.39 is 0 Å². The molecule has 2 nitrogen and oxygen atoms in total. The Labute approximate surface area is 195 Å². The average Bonchev–Trinajstić information content (AvgIpc) is 3.08. The summed E-state index contributed by atoms with van der Waals surface area (Å²) in [5, 5.41) is 9.75. The molecule has 0 aliphatic carbocycles. The van der Waals surface area contributed by atoms with Crippen molar-refractivity contribution in [2.24, 2.45) is 4.99 Å². The van der Waals surface area contributed by atoms with Gasteiger partial charge in [-0.05, 0) is 58.7 Å². The molecule has 2 heteroatoms. The fraction of sp³-hybridized carbons (Fsp3) is 0.129. The molecule has 0 fully saturated rings. The van der Waals surface area contributed by atoms with Crippen molar-refractivity contribution in [3.05, 3.63) is 132 Å². The predicted octanol–water partition coefficient (Wildman–Crippen LogP) is 7.83. The lowest BCUT2D eigenvalue weighted by molar-refractivity contribution is 0.795. The zero-order valence-electron chi connectivity index (χ0n) is 19.1. The van der Waals surface area contributed by atoms with Gasteiger partial charge in [0.05, 0.1) is 17.1 Å². The first kappa shape index (κ1) is 21.0. The van der Waals surface area contributed by atoms with Crippen LogP contribution < -0.4 is 10.7 Å². The highest BCUT2D eigenvalue weighted by Crippen LogP contribution is 2.28. The monoisotopic (exact) mass is 428 g/mol. The molecule has 0 aromatic heterocycles. The van der Waals surface area contributed by atoms with Gasteiger partial charge >= 0.3 is 0 Å². The number of hydrogen-bond donors (Lipinski definition) is 1. The number of anilines is 1. The molecule has 0 aliphatic rings.